The van der Waals surface area contributed by atoms with Gasteiger partial charge in [-0.1, -0.05) is 11.3 Å². The molecule has 0 bridgehead atoms. The summed E-state index contributed by atoms with van der Waals surface area (Å²) in [5.74, 6) is 0. The molecule has 1 N–H and O–H groups in total. The molecule has 0 amide bonds. The van der Waals surface area contributed by atoms with Gasteiger partial charge in [-0.2, -0.15) is 0 Å². The minimum Gasteiger partial charge on any atom is -0.311 e. The van der Waals surface area contributed by atoms with Crippen molar-refractivity contribution in [3.8, 4) is 9.88 Å². The molecule has 1 unspecified atom stereocenters. The number of hydrogen-bond donors (Lipinski definition) is 1. The zero-order valence-electron chi connectivity index (χ0n) is 10.7. The Kier molecular flexibility index (Phi) is 3.46. The zero-order chi connectivity index (χ0) is 12.5. The molecule has 96 valence electrons. The topological polar surface area (TPSA) is 37.8 Å². The molecule has 0 spiro atoms. The second kappa shape index (κ2) is 5.07. The summed E-state index contributed by atoms with van der Waals surface area (Å²) in [7, 11) is 1.95. The highest BCUT2D eigenvalue weighted by Gasteiger charge is 2.17. The van der Waals surface area contributed by atoms with Crippen molar-refractivity contribution < 1.29 is 0 Å². The summed E-state index contributed by atoms with van der Waals surface area (Å²) in [5.41, 5.74) is 1.54. The summed E-state index contributed by atoms with van der Waals surface area (Å²) in [6.07, 6.45) is 5.16. The van der Waals surface area contributed by atoms with E-state index >= 15 is 0 Å². The average Bonchev–Trinajstić information content (AvgIpc) is 3.03. The van der Waals surface area contributed by atoms with Crippen LogP contribution in [0.5, 0.6) is 0 Å². The summed E-state index contributed by atoms with van der Waals surface area (Å²) < 4.78 is 0. The first-order chi connectivity index (χ1) is 8.78. The maximum atomic E-state index is 4.34. The molecule has 1 aliphatic carbocycles. The molecule has 2 heterocycles. The molecule has 2 aromatic heterocycles. The molecule has 18 heavy (non-hydrogen) atoms. The van der Waals surface area contributed by atoms with E-state index in [1.807, 2.05) is 18.4 Å². The van der Waals surface area contributed by atoms with Gasteiger partial charge in [-0.15, -0.1) is 21.5 Å². The van der Waals surface area contributed by atoms with Gasteiger partial charge in [0.25, 0.3) is 0 Å². The first-order valence-electron chi connectivity index (χ1n) is 6.40. The van der Waals surface area contributed by atoms with Crippen molar-refractivity contribution in [2.45, 2.75) is 38.6 Å². The van der Waals surface area contributed by atoms with Gasteiger partial charge in [0.2, 0.25) is 0 Å². The molecular formula is C13H17N3S2. The van der Waals surface area contributed by atoms with E-state index in [0.29, 0.717) is 0 Å². The minimum atomic E-state index is 0.283. The van der Waals surface area contributed by atoms with Crippen LogP contribution in [0.4, 0.5) is 0 Å². The van der Waals surface area contributed by atoms with Crippen LogP contribution in [0.15, 0.2) is 6.07 Å². The number of aromatic nitrogens is 2. The Balaban J connectivity index is 1.90. The van der Waals surface area contributed by atoms with Crippen LogP contribution in [-0.4, -0.2) is 17.2 Å². The Labute approximate surface area is 115 Å². The Morgan fingerprint density at radius 1 is 1.22 bits per heavy atom. The molecule has 0 radical (unpaired) electrons. The first-order valence-corrected chi connectivity index (χ1v) is 8.04. The molecule has 1 atom stereocenters. The fourth-order valence-electron chi connectivity index (χ4n) is 2.23. The number of fused-ring (bicyclic) bond motifs is 1. The van der Waals surface area contributed by atoms with Crippen LogP contribution < -0.4 is 5.32 Å². The molecule has 3 nitrogen and oxygen atoms in total. The summed E-state index contributed by atoms with van der Waals surface area (Å²) in [5, 5.41) is 14.0. The third kappa shape index (κ3) is 2.22. The highest BCUT2D eigenvalue weighted by atomic mass is 32.1. The van der Waals surface area contributed by atoms with Crippen LogP contribution >= 0.6 is 22.7 Å². The molecular weight excluding hydrogens is 262 g/mol. The number of hydrogen-bond acceptors (Lipinski definition) is 5. The van der Waals surface area contributed by atoms with Gasteiger partial charge in [0, 0.05) is 4.88 Å². The Morgan fingerprint density at radius 3 is 2.83 bits per heavy atom. The average molecular weight is 279 g/mol. The Bertz CT molecular complexity index is 521. The number of rotatable bonds is 3. The standard InChI is InChI=1S/C13H17N3S2/c1-8(14-2)12-15-16-13(18-12)11-7-9-5-3-4-6-10(9)17-11/h7-8,14H,3-6H2,1-2H3. The van der Waals surface area contributed by atoms with Gasteiger partial charge in [0.15, 0.2) is 5.01 Å². The number of aryl methyl sites for hydroxylation is 2. The van der Waals surface area contributed by atoms with Crippen LogP contribution in [0.2, 0.25) is 0 Å². The van der Waals surface area contributed by atoms with Crippen molar-refractivity contribution >= 4 is 22.7 Å². The van der Waals surface area contributed by atoms with Crippen molar-refractivity contribution in [3.05, 3.63) is 21.5 Å². The second-order valence-electron chi connectivity index (χ2n) is 4.72. The van der Waals surface area contributed by atoms with E-state index in [2.05, 4.69) is 28.5 Å². The van der Waals surface area contributed by atoms with Gasteiger partial charge in [0.1, 0.15) is 5.01 Å². The molecule has 0 saturated carbocycles. The van der Waals surface area contributed by atoms with Gasteiger partial charge < -0.3 is 5.32 Å². The summed E-state index contributed by atoms with van der Waals surface area (Å²) >= 11 is 3.62. The van der Waals surface area contributed by atoms with Crippen LogP contribution in [0.3, 0.4) is 0 Å². The molecule has 3 rings (SSSR count). The van der Waals surface area contributed by atoms with E-state index in [1.54, 1.807) is 21.8 Å². The maximum absolute atomic E-state index is 4.34. The zero-order valence-corrected chi connectivity index (χ0v) is 12.3. The SMILES string of the molecule is CNC(C)c1nnc(-c2cc3c(s2)CCCC3)s1. The number of thiophene rings is 1. The van der Waals surface area contributed by atoms with Gasteiger partial charge in [-0.25, -0.2) is 0 Å². The highest BCUT2D eigenvalue weighted by Crippen LogP contribution is 2.37. The fourth-order valence-corrected chi connectivity index (χ4v) is 4.43. The van der Waals surface area contributed by atoms with E-state index in [1.165, 1.54) is 30.6 Å². The predicted molar refractivity (Wildman–Crippen MR) is 77.3 cm³/mol. The molecule has 1 aliphatic rings. The quantitative estimate of drug-likeness (QED) is 0.935. The first kappa shape index (κ1) is 12.3. The lowest BCUT2D eigenvalue weighted by molar-refractivity contribution is 0.640. The highest BCUT2D eigenvalue weighted by molar-refractivity contribution is 7.21. The van der Waals surface area contributed by atoms with Crippen LogP contribution in [0.25, 0.3) is 9.88 Å². The number of nitrogens with one attached hydrogen (secondary N) is 1. The molecule has 0 fully saturated rings. The van der Waals surface area contributed by atoms with Gasteiger partial charge in [-0.3, -0.25) is 0 Å². The summed E-state index contributed by atoms with van der Waals surface area (Å²) in [6, 6.07) is 2.61. The minimum absolute atomic E-state index is 0.283. The largest absolute Gasteiger partial charge is 0.311 e. The third-order valence-corrected chi connectivity index (χ3v) is 5.96. The van der Waals surface area contributed by atoms with Gasteiger partial charge in [-0.05, 0) is 51.3 Å². The van der Waals surface area contributed by atoms with Crippen LogP contribution in [-0.2, 0) is 12.8 Å². The summed E-state index contributed by atoms with van der Waals surface area (Å²) in [6.45, 7) is 2.11. The van der Waals surface area contributed by atoms with Gasteiger partial charge in [0.05, 0.1) is 10.9 Å². The lowest BCUT2D eigenvalue weighted by Crippen LogP contribution is -2.11. The molecule has 2 aromatic rings. The van der Waals surface area contributed by atoms with E-state index in [-0.39, 0.29) is 6.04 Å². The molecule has 0 aliphatic heterocycles. The molecule has 0 saturated heterocycles. The van der Waals surface area contributed by atoms with Crippen molar-refractivity contribution in [3.63, 3.8) is 0 Å². The number of nitrogens with zero attached hydrogens (tertiary/aromatic N) is 2. The maximum Gasteiger partial charge on any atom is 0.157 e. The third-order valence-electron chi connectivity index (χ3n) is 3.45. The predicted octanol–water partition coefficient (Wildman–Crippen LogP) is 3.43. The molecule has 5 heteroatoms. The monoisotopic (exact) mass is 279 g/mol. The van der Waals surface area contributed by atoms with Crippen molar-refractivity contribution in [1.82, 2.24) is 15.5 Å². The summed E-state index contributed by atoms with van der Waals surface area (Å²) in [4.78, 5) is 2.86. The van der Waals surface area contributed by atoms with Crippen molar-refractivity contribution in [1.29, 1.82) is 0 Å². The van der Waals surface area contributed by atoms with Crippen molar-refractivity contribution in [2.24, 2.45) is 0 Å². The van der Waals surface area contributed by atoms with Crippen LogP contribution in [0.1, 0.15) is 41.3 Å². The Hall–Kier alpha value is -0.780. The van der Waals surface area contributed by atoms with E-state index in [4.69, 9.17) is 0 Å². The van der Waals surface area contributed by atoms with Crippen molar-refractivity contribution in [2.75, 3.05) is 7.05 Å². The molecule has 0 aromatic carbocycles. The van der Waals surface area contributed by atoms with Crippen LogP contribution in [0, 0.1) is 0 Å². The lowest BCUT2D eigenvalue weighted by atomic mass is 9.99. The lowest BCUT2D eigenvalue weighted by Gasteiger charge is -2.08. The normalized spacial score (nSPS) is 16.6. The fraction of sp³-hybridized carbons (Fsp3) is 0.538. The second-order valence-corrected chi connectivity index (χ2v) is 6.87. The van der Waals surface area contributed by atoms with E-state index < -0.39 is 0 Å². The smallest absolute Gasteiger partial charge is 0.157 e. The van der Waals surface area contributed by atoms with Gasteiger partial charge >= 0.3 is 0 Å². The van der Waals surface area contributed by atoms with E-state index in [9.17, 15) is 0 Å². The Morgan fingerprint density at radius 2 is 2.06 bits per heavy atom. The van der Waals surface area contributed by atoms with E-state index in [0.717, 1.165) is 10.0 Å².